The lowest BCUT2D eigenvalue weighted by atomic mass is 9.97. The molecule has 14 heteroatoms. The summed E-state index contributed by atoms with van der Waals surface area (Å²) in [6.07, 6.45) is 0.463. The summed E-state index contributed by atoms with van der Waals surface area (Å²) in [6, 6.07) is 4.79. The summed E-state index contributed by atoms with van der Waals surface area (Å²) in [5.74, 6) is -2.36. The second kappa shape index (κ2) is 13.4. The smallest absolute Gasteiger partial charge is 0.355 e. The number of pyridine rings is 2. The highest BCUT2D eigenvalue weighted by molar-refractivity contribution is 6.31. The van der Waals surface area contributed by atoms with E-state index < -0.39 is 35.2 Å². The van der Waals surface area contributed by atoms with Gasteiger partial charge in [0.1, 0.15) is 36.1 Å². The average molecular weight is 695 g/mol. The Morgan fingerprint density at radius 2 is 1.96 bits per heavy atom. The zero-order chi connectivity index (χ0) is 35.3. The molecule has 11 nitrogen and oxygen atoms in total. The van der Waals surface area contributed by atoms with Crippen molar-refractivity contribution in [1.29, 1.82) is 0 Å². The molecule has 0 radical (unpaired) electrons. The Balaban J connectivity index is 1.74. The number of hydrogen-bond donors (Lipinski definition) is 1. The Bertz CT molecular complexity index is 2020. The molecule has 0 aliphatic carbocycles. The number of ether oxygens (including phenoxy) is 2. The number of amides is 1. The highest BCUT2D eigenvalue weighted by Crippen LogP contribution is 2.41. The zero-order valence-electron chi connectivity index (χ0n) is 27.8. The van der Waals surface area contributed by atoms with Crippen LogP contribution in [0.4, 0.5) is 14.6 Å². The number of carbonyl (C=O) groups excluding carboxylic acids is 1. The molecule has 1 N–H and O–H groups in total. The van der Waals surface area contributed by atoms with E-state index in [1.54, 1.807) is 24.1 Å². The van der Waals surface area contributed by atoms with Crippen LogP contribution < -0.4 is 15.3 Å². The highest BCUT2D eigenvalue weighted by Gasteiger charge is 2.36. The number of hydrogen-bond acceptors (Lipinski definition) is 9. The van der Waals surface area contributed by atoms with Gasteiger partial charge in [-0.25, -0.2) is 23.1 Å². The van der Waals surface area contributed by atoms with Crippen LogP contribution in [0.25, 0.3) is 28.0 Å². The number of fused-ring (bicyclic) bond motifs is 5. The predicted octanol–water partition coefficient (Wildman–Crippen LogP) is 5.34. The number of carbonyl (C=O) groups is 1. The number of nitrogens with zero attached hydrogens (tertiary/aromatic N) is 6. The normalized spacial score (nSPS) is 20.8. The van der Waals surface area contributed by atoms with E-state index in [0.717, 1.165) is 0 Å². The van der Waals surface area contributed by atoms with Gasteiger partial charge in [-0.05, 0) is 57.0 Å². The summed E-state index contributed by atoms with van der Waals surface area (Å²) in [5, 5.41) is 11.4. The minimum absolute atomic E-state index is 0.0392. The maximum atomic E-state index is 16.4. The van der Waals surface area contributed by atoms with E-state index in [1.165, 1.54) is 28.8 Å². The van der Waals surface area contributed by atoms with Crippen molar-refractivity contribution >= 4 is 34.4 Å². The van der Waals surface area contributed by atoms with Crippen molar-refractivity contribution in [1.82, 2.24) is 24.4 Å². The molecule has 1 fully saturated rings. The molecule has 2 aliphatic heterocycles. The van der Waals surface area contributed by atoms with Crippen molar-refractivity contribution in [2.75, 3.05) is 31.2 Å². The Morgan fingerprint density at radius 3 is 2.65 bits per heavy atom. The van der Waals surface area contributed by atoms with Gasteiger partial charge in [0.25, 0.3) is 0 Å². The van der Waals surface area contributed by atoms with E-state index in [9.17, 15) is 14.7 Å². The molecule has 2 unspecified atom stereocenters. The maximum Gasteiger partial charge on any atom is 0.355 e. The molecular weight excluding hydrogens is 658 g/mol. The molecule has 3 aromatic heterocycles. The molecule has 0 spiro atoms. The van der Waals surface area contributed by atoms with Gasteiger partial charge < -0.3 is 24.4 Å². The largest absolute Gasteiger partial charge is 0.490 e. The molecule has 1 aromatic carbocycles. The molecule has 2 aliphatic rings. The van der Waals surface area contributed by atoms with E-state index >= 15 is 8.78 Å². The predicted molar refractivity (Wildman–Crippen MR) is 181 cm³/mol. The number of halogens is 3. The first-order valence-electron chi connectivity index (χ1n) is 16.1. The lowest BCUT2D eigenvalue weighted by molar-refractivity contribution is -0.128. The van der Waals surface area contributed by atoms with Crippen LogP contribution in [-0.2, 0) is 9.53 Å². The zero-order valence-corrected chi connectivity index (χ0v) is 28.5. The first-order valence-corrected chi connectivity index (χ1v) is 16.5. The van der Waals surface area contributed by atoms with Gasteiger partial charge in [0.15, 0.2) is 17.3 Å². The molecule has 0 saturated carbocycles. The third kappa shape index (κ3) is 5.93. The fourth-order valence-electron chi connectivity index (χ4n) is 6.65. The van der Waals surface area contributed by atoms with Crippen LogP contribution in [-0.4, -0.2) is 79.9 Å². The average Bonchev–Trinajstić information content (AvgIpc) is 3.07. The molecule has 49 heavy (non-hydrogen) atoms. The third-order valence-corrected chi connectivity index (χ3v) is 9.27. The number of rotatable bonds is 5. The van der Waals surface area contributed by atoms with Crippen LogP contribution in [0.3, 0.4) is 0 Å². The van der Waals surface area contributed by atoms with Gasteiger partial charge in [-0.3, -0.25) is 9.78 Å². The van der Waals surface area contributed by atoms with Crippen molar-refractivity contribution in [2.45, 2.75) is 64.8 Å². The third-order valence-electron chi connectivity index (χ3n) is 8.98. The second-order valence-corrected chi connectivity index (χ2v) is 13.0. The van der Waals surface area contributed by atoms with Crippen LogP contribution in [0.15, 0.2) is 47.9 Å². The molecule has 258 valence electrons. The van der Waals surface area contributed by atoms with Gasteiger partial charge in [0.2, 0.25) is 5.91 Å². The van der Waals surface area contributed by atoms with Crippen LogP contribution >= 0.6 is 11.6 Å². The number of aliphatic hydroxyl groups is 1. The van der Waals surface area contributed by atoms with Crippen molar-refractivity contribution < 1.29 is 28.2 Å². The number of benzene rings is 1. The van der Waals surface area contributed by atoms with Gasteiger partial charge >= 0.3 is 5.69 Å². The molecular formula is C35H37ClF2N6O5. The van der Waals surface area contributed by atoms with E-state index in [4.69, 9.17) is 21.1 Å². The van der Waals surface area contributed by atoms with Crippen molar-refractivity contribution in [2.24, 2.45) is 0 Å². The summed E-state index contributed by atoms with van der Waals surface area (Å²) in [6.45, 7) is 13.3. The fourth-order valence-corrected chi connectivity index (χ4v) is 6.81. The van der Waals surface area contributed by atoms with Crippen molar-refractivity contribution in [3.8, 4) is 22.7 Å². The van der Waals surface area contributed by atoms with E-state index in [1.807, 2.05) is 32.6 Å². The minimum atomic E-state index is -1.32. The standard InChI is InChI=1S/C35H37ClF2N6O5/c1-7-26(46)42-14-19(6)43(15-18(42)5)33-21-13-23(37)30-27-25(10-9-22(36)28(27)38)49-16-24(45)32(48-8-2)20-11-12-39-29(17(3)4)31(20)44(34(21)40-30)35(47)41-33/h7,9-13,17-19,24,32,45H,1,8,14-16H2,2-6H3/t18-,19+,24?,32?/m1/s1. The number of aliphatic hydroxyl groups excluding tert-OH is 1. The number of piperazine rings is 1. The van der Waals surface area contributed by atoms with Crippen molar-refractivity contribution in [3.05, 3.63) is 81.5 Å². The van der Waals surface area contributed by atoms with Crippen LogP contribution in [0, 0.1) is 11.6 Å². The summed E-state index contributed by atoms with van der Waals surface area (Å²) in [5.41, 5.74) is -0.511. The van der Waals surface area contributed by atoms with Crippen molar-refractivity contribution in [3.63, 3.8) is 0 Å². The van der Waals surface area contributed by atoms with Gasteiger partial charge in [-0.15, -0.1) is 0 Å². The first-order chi connectivity index (χ1) is 23.4. The van der Waals surface area contributed by atoms with Gasteiger partial charge in [-0.2, -0.15) is 4.98 Å². The second-order valence-electron chi connectivity index (χ2n) is 12.6. The maximum absolute atomic E-state index is 16.4. The topological polar surface area (TPSA) is 123 Å². The number of anilines is 1. The Labute approximate surface area is 286 Å². The first kappa shape index (κ1) is 34.4. The number of aromatic nitrogens is 4. The van der Waals surface area contributed by atoms with Crippen LogP contribution in [0.2, 0.25) is 5.02 Å². The molecule has 2 bridgehead atoms. The van der Waals surface area contributed by atoms with Gasteiger partial charge in [0.05, 0.1) is 27.4 Å². The summed E-state index contributed by atoms with van der Waals surface area (Å²) < 4.78 is 45.6. The SMILES string of the molecule is C=CC(=O)N1C[C@H](C)N(c2nc(=O)n3c4nc(c(F)cc24)-c2c(ccc(Cl)c2F)OCC(O)C(OCC)c2ccnc(C(C)C)c2-3)C[C@H]1C. The van der Waals surface area contributed by atoms with E-state index in [-0.39, 0.29) is 82.5 Å². The van der Waals surface area contributed by atoms with Gasteiger partial charge in [0, 0.05) is 43.5 Å². The Morgan fingerprint density at radius 1 is 1.20 bits per heavy atom. The molecule has 4 atom stereocenters. The van der Waals surface area contributed by atoms with E-state index in [2.05, 4.69) is 21.5 Å². The van der Waals surface area contributed by atoms with Crippen LogP contribution in [0.1, 0.15) is 57.9 Å². The Kier molecular flexibility index (Phi) is 9.44. The lowest BCUT2D eigenvalue weighted by Gasteiger charge is -2.44. The molecule has 4 aromatic rings. The monoisotopic (exact) mass is 694 g/mol. The molecule has 6 rings (SSSR count). The van der Waals surface area contributed by atoms with Gasteiger partial charge in [-0.1, -0.05) is 32.0 Å². The quantitative estimate of drug-likeness (QED) is 0.276. The summed E-state index contributed by atoms with van der Waals surface area (Å²) in [7, 11) is 0. The molecule has 5 heterocycles. The fraction of sp³-hybridized carbons (Fsp3) is 0.400. The summed E-state index contributed by atoms with van der Waals surface area (Å²) >= 11 is 6.19. The Hall–Kier alpha value is -4.46. The summed E-state index contributed by atoms with van der Waals surface area (Å²) in [4.78, 5) is 44.4. The lowest BCUT2D eigenvalue weighted by Crippen LogP contribution is -2.58. The van der Waals surface area contributed by atoms with E-state index in [0.29, 0.717) is 17.8 Å². The molecule has 1 saturated heterocycles. The minimum Gasteiger partial charge on any atom is -0.490 e. The van der Waals surface area contributed by atoms with Crippen LogP contribution in [0.5, 0.6) is 5.75 Å². The molecule has 1 amide bonds. The highest BCUT2D eigenvalue weighted by atomic mass is 35.5.